The number of fused-ring (bicyclic) bond motifs is 1. The van der Waals surface area contributed by atoms with Crippen LogP contribution in [0.15, 0.2) is 43.5 Å². The summed E-state index contributed by atoms with van der Waals surface area (Å²) in [6.07, 6.45) is 5.82. The van der Waals surface area contributed by atoms with E-state index in [4.69, 9.17) is 4.74 Å². The molecule has 1 aromatic carbocycles. The van der Waals surface area contributed by atoms with E-state index in [0.29, 0.717) is 32.4 Å². The molecule has 2 bridgehead atoms. The maximum atomic E-state index is 14.5. The molecule has 8 heteroatoms. The van der Waals surface area contributed by atoms with Crippen molar-refractivity contribution in [3.8, 4) is 0 Å². The second kappa shape index (κ2) is 10.8. The fourth-order valence-corrected chi connectivity index (χ4v) is 8.57. The van der Waals surface area contributed by atoms with E-state index in [1.807, 2.05) is 32.0 Å². The lowest BCUT2D eigenvalue weighted by molar-refractivity contribution is -0.153. The van der Waals surface area contributed by atoms with Crippen LogP contribution in [-0.4, -0.2) is 70.1 Å². The maximum absolute atomic E-state index is 14.5. The Hall–Kier alpha value is -2.58. The van der Waals surface area contributed by atoms with Crippen molar-refractivity contribution in [3.05, 3.63) is 54.6 Å². The standard InChI is InChI=1S/C28H36N2O5S/c1-5-14-29(23-18(3)10-9-11-19(23)4)26(33)24-28-13-12-20(36-28)21(27(34)35-17-6-2)22(28)25(32)30(24)15-7-8-16-31/h5-6,9-11,20-22,24,31H,1-2,7-8,12-17H2,3-4H3/t20-,21+,22-,24?,28?/m0/s1. The van der Waals surface area contributed by atoms with Crippen LogP contribution in [-0.2, 0) is 19.1 Å². The molecule has 1 N–H and O–H groups in total. The molecule has 36 heavy (non-hydrogen) atoms. The number of thioether (sulfide) groups is 1. The summed E-state index contributed by atoms with van der Waals surface area (Å²) < 4.78 is 4.74. The number of carbonyl (C=O) groups is 3. The summed E-state index contributed by atoms with van der Waals surface area (Å²) in [4.78, 5) is 45.0. The minimum Gasteiger partial charge on any atom is -0.461 e. The molecule has 0 saturated carbocycles. The van der Waals surface area contributed by atoms with Gasteiger partial charge in [0.2, 0.25) is 5.91 Å². The Labute approximate surface area is 217 Å². The highest BCUT2D eigenvalue weighted by Gasteiger charge is 2.74. The van der Waals surface area contributed by atoms with E-state index in [1.165, 1.54) is 6.08 Å². The zero-order valence-electron chi connectivity index (χ0n) is 21.2. The number of aliphatic hydroxyl groups excluding tert-OH is 1. The molecule has 5 atom stereocenters. The van der Waals surface area contributed by atoms with Gasteiger partial charge in [0, 0.05) is 30.6 Å². The highest BCUT2D eigenvalue weighted by molar-refractivity contribution is 8.02. The van der Waals surface area contributed by atoms with E-state index in [-0.39, 0.29) is 36.2 Å². The largest absolute Gasteiger partial charge is 0.461 e. The molecule has 3 aliphatic heterocycles. The van der Waals surface area contributed by atoms with Gasteiger partial charge >= 0.3 is 5.97 Å². The number of anilines is 1. The lowest BCUT2D eigenvalue weighted by atomic mass is 9.71. The summed E-state index contributed by atoms with van der Waals surface area (Å²) in [6.45, 7) is 12.3. The number of benzene rings is 1. The second-order valence-electron chi connectivity index (χ2n) is 9.91. The number of amides is 2. The first-order valence-corrected chi connectivity index (χ1v) is 13.6. The Bertz CT molecular complexity index is 1040. The smallest absolute Gasteiger partial charge is 0.311 e. The monoisotopic (exact) mass is 512 g/mol. The Morgan fingerprint density at radius 1 is 1.25 bits per heavy atom. The number of rotatable bonds is 11. The summed E-state index contributed by atoms with van der Waals surface area (Å²) >= 11 is 1.63. The van der Waals surface area contributed by atoms with Crippen molar-refractivity contribution >= 4 is 35.2 Å². The molecule has 0 aromatic heterocycles. The molecule has 1 aromatic rings. The van der Waals surface area contributed by atoms with E-state index in [9.17, 15) is 19.5 Å². The second-order valence-corrected chi connectivity index (χ2v) is 11.5. The molecular weight excluding hydrogens is 476 g/mol. The van der Waals surface area contributed by atoms with Crippen molar-refractivity contribution in [2.75, 3.05) is 31.2 Å². The Morgan fingerprint density at radius 3 is 2.61 bits per heavy atom. The third kappa shape index (κ3) is 4.28. The van der Waals surface area contributed by atoms with Gasteiger partial charge in [0.15, 0.2) is 0 Å². The van der Waals surface area contributed by atoms with E-state index in [1.54, 1.807) is 27.6 Å². The van der Waals surface area contributed by atoms with Crippen LogP contribution in [0.25, 0.3) is 0 Å². The number of unbranched alkanes of at least 4 members (excludes halogenated alkanes) is 1. The van der Waals surface area contributed by atoms with Crippen molar-refractivity contribution in [1.82, 2.24) is 4.90 Å². The topological polar surface area (TPSA) is 87.2 Å². The lowest BCUT2D eigenvalue weighted by Crippen LogP contribution is -2.55. The first kappa shape index (κ1) is 26.5. The third-order valence-electron chi connectivity index (χ3n) is 7.74. The van der Waals surface area contributed by atoms with Crippen molar-refractivity contribution in [2.24, 2.45) is 11.8 Å². The minimum absolute atomic E-state index is 0.0214. The van der Waals surface area contributed by atoms with Gasteiger partial charge in [-0.25, -0.2) is 0 Å². The highest BCUT2D eigenvalue weighted by Crippen LogP contribution is 2.66. The molecule has 3 aliphatic rings. The van der Waals surface area contributed by atoms with Crippen LogP contribution in [0, 0.1) is 25.7 Å². The number of hydrogen-bond acceptors (Lipinski definition) is 6. The predicted octanol–water partition coefficient (Wildman–Crippen LogP) is 3.42. The van der Waals surface area contributed by atoms with Crippen molar-refractivity contribution in [2.45, 2.75) is 55.6 Å². The van der Waals surface area contributed by atoms with Gasteiger partial charge in [-0.2, -0.15) is 0 Å². The molecule has 3 saturated heterocycles. The number of carbonyl (C=O) groups excluding carboxylic acids is 3. The Balaban J connectivity index is 1.77. The van der Waals surface area contributed by atoms with Gasteiger partial charge in [0.05, 0.1) is 16.6 Å². The number of aryl methyl sites for hydroxylation is 2. The minimum atomic E-state index is -0.695. The van der Waals surface area contributed by atoms with E-state index in [2.05, 4.69) is 13.2 Å². The first-order valence-electron chi connectivity index (χ1n) is 12.7. The average Bonchev–Trinajstić information content (AvgIpc) is 3.49. The number of aliphatic hydroxyl groups is 1. The van der Waals surface area contributed by atoms with Crippen LogP contribution in [0.3, 0.4) is 0 Å². The molecular formula is C28H36N2O5S. The average molecular weight is 513 g/mol. The number of esters is 1. The lowest BCUT2D eigenvalue weighted by Gasteiger charge is -2.38. The quantitative estimate of drug-likeness (QED) is 0.278. The maximum Gasteiger partial charge on any atom is 0.311 e. The van der Waals surface area contributed by atoms with Crippen LogP contribution in [0.5, 0.6) is 0 Å². The van der Waals surface area contributed by atoms with Crippen molar-refractivity contribution in [3.63, 3.8) is 0 Å². The van der Waals surface area contributed by atoms with Crippen LogP contribution in [0.4, 0.5) is 5.69 Å². The van der Waals surface area contributed by atoms with Gasteiger partial charge < -0.3 is 19.6 Å². The zero-order valence-corrected chi connectivity index (χ0v) is 22.0. The molecule has 0 radical (unpaired) electrons. The normalized spacial score (nSPS) is 28.2. The van der Waals surface area contributed by atoms with Gasteiger partial charge in [-0.3, -0.25) is 14.4 Å². The number of nitrogens with zero attached hydrogens (tertiary/aromatic N) is 2. The van der Waals surface area contributed by atoms with Crippen molar-refractivity contribution < 1.29 is 24.2 Å². The summed E-state index contributed by atoms with van der Waals surface area (Å²) in [7, 11) is 0. The summed E-state index contributed by atoms with van der Waals surface area (Å²) in [5, 5.41) is 9.31. The van der Waals surface area contributed by atoms with E-state index in [0.717, 1.165) is 23.2 Å². The highest BCUT2D eigenvalue weighted by atomic mass is 32.2. The molecule has 3 heterocycles. The number of para-hydroxylation sites is 1. The fourth-order valence-electron chi connectivity index (χ4n) is 6.37. The van der Waals surface area contributed by atoms with Gasteiger partial charge in [-0.1, -0.05) is 36.9 Å². The van der Waals surface area contributed by atoms with Gasteiger partial charge in [0.25, 0.3) is 5.91 Å². The van der Waals surface area contributed by atoms with Crippen LogP contribution >= 0.6 is 11.8 Å². The van der Waals surface area contributed by atoms with Crippen molar-refractivity contribution in [1.29, 1.82) is 0 Å². The zero-order chi connectivity index (χ0) is 26.0. The number of hydrogen-bond donors (Lipinski definition) is 1. The SMILES string of the molecule is C=CCOC(=O)[C@@H]1[C@@H]2CCC3(S2)C(C(=O)N(CC=C)c2c(C)cccc2C)N(CCCCO)C(=O)[C@H]13. The van der Waals surface area contributed by atoms with Crippen LogP contribution in [0.1, 0.15) is 36.8 Å². The predicted molar refractivity (Wildman–Crippen MR) is 142 cm³/mol. The molecule has 2 unspecified atom stereocenters. The van der Waals surface area contributed by atoms with E-state index < -0.39 is 22.6 Å². The molecule has 7 nitrogen and oxygen atoms in total. The van der Waals surface area contributed by atoms with Gasteiger partial charge in [-0.05, 0) is 50.7 Å². The Morgan fingerprint density at radius 2 is 1.97 bits per heavy atom. The molecule has 2 amide bonds. The number of likely N-dealkylation sites (tertiary alicyclic amines) is 1. The van der Waals surface area contributed by atoms with Crippen LogP contribution < -0.4 is 4.90 Å². The molecule has 3 fully saturated rings. The fraction of sp³-hybridized carbons (Fsp3) is 0.536. The molecule has 1 spiro atoms. The summed E-state index contributed by atoms with van der Waals surface area (Å²) in [6, 6.07) is 5.23. The third-order valence-corrected chi connectivity index (χ3v) is 9.70. The molecule has 194 valence electrons. The van der Waals surface area contributed by atoms with E-state index >= 15 is 0 Å². The van der Waals surface area contributed by atoms with Gasteiger partial charge in [-0.15, -0.1) is 18.3 Å². The van der Waals surface area contributed by atoms with Crippen LogP contribution in [0.2, 0.25) is 0 Å². The number of ether oxygens (including phenoxy) is 1. The summed E-state index contributed by atoms with van der Waals surface area (Å²) in [5.74, 6) is -1.83. The Kier molecular flexibility index (Phi) is 7.95. The molecule has 4 rings (SSSR count). The first-order chi connectivity index (χ1) is 17.3. The summed E-state index contributed by atoms with van der Waals surface area (Å²) in [5.41, 5.74) is 2.79. The molecule has 0 aliphatic carbocycles. The van der Waals surface area contributed by atoms with Gasteiger partial charge in [0.1, 0.15) is 12.6 Å².